The van der Waals surface area contributed by atoms with Crippen LogP contribution in [0.25, 0.3) is 22.4 Å². The predicted octanol–water partition coefficient (Wildman–Crippen LogP) is 4.29. The van der Waals surface area contributed by atoms with Crippen LogP contribution in [0.1, 0.15) is 0 Å². The van der Waals surface area contributed by atoms with Gasteiger partial charge in [0.1, 0.15) is 22.2 Å². The fourth-order valence-electron chi connectivity index (χ4n) is 1.69. The monoisotopic (exact) mass is 247 g/mol. The van der Waals surface area contributed by atoms with Gasteiger partial charge in [-0.2, -0.15) is 0 Å². The fourth-order valence-corrected chi connectivity index (χ4v) is 1.85. The molecular formula is C13H7ClFNO. The van der Waals surface area contributed by atoms with Crippen molar-refractivity contribution in [2.75, 3.05) is 0 Å². The van der Waals surface area contributed by atoms with Crippen LogP contribution in [0.3, 0.4) is 0 Å². The molecule has 17 heavy (non-hydrogen) atoms. The van der Waals surface area contributed by atoms with Gasteiger partial charge in [0.25, 0.3) is 0 Å². The lowest BCUT2D eigenvalue weighted by molar-refractivity contribution is 0.618. The Hall–Kier alpha value is -1.87. The van der Waals surface area contributed by atoms with E-state index in [0.717, 1.165) is 0 Å². The van der Waals surface area contributed by atoms with Gasteiger partial charge in [0.2, 0.25) is 0 Å². The summed E-state index contributed by atoms with van der Waals surface area (Å²) >= 11 is 5.81. The van der Waals surface area contributed by atoms with Crippen LogP contribution in [-0.2, 0) is 0 Å². The van der Waals surface area contributed by atoms with Crippen molar-refractivity contribution < 1.29 is 8.81 Å². The standard InChI is InChI=1S/C13H7ClFNO/c14-13-3-1-2-10(16-13)12-7-8-6-9(15)4-5-11(8)17-12/h1-7H. The average molecular weight is 248 g/mol. The minimum absolute atomic E-state index is 0.288. The zero-order valence-electron chi connectivity index (χ0n) is 8.65. The first-order valence-electron chi connectivity index (χ1n) is 5.04. The van der Waals surface area contributed by atoms with Crippen molar-refractivity contribution in [3.05, 3.63) is 53.4 Å². The Morgan fingerprint density at radius 1 is 1.12 bits per heavy atom. The lowest BCUT2D eigenvalue weighted by Gasteiger charge is -1.95. The molecule has 1 aromatic carbocycles. The number of benzene rings is 1. The van der Waals surface area contributed by atoms with Crippen molar-refractivity contribution in [3.8, 4) is 11.5 Å². The van der Waals surface area contributed by atoms with E-state index < -0.39 is 0 Å². The third kappa shape index (κ3) is 1.89. The molecule has 84 valence electrons. The molecule has 0 radical (unpaired) electrons. The summed E-state index contributed by atoms with van der Waals surface area (Å²) in [5.74, 6) is 0.289. The van der Waals surface area contributed by atoms with E-state index in [-0.39, 0.29) is 5.82 Å². The van der Waals surface area contributed by atoms with Crippen LogP contribution >= 0.6 is 11.6 Å². The number of halogens is 2. The molecule has 0 aliphatic carbocycles. The molecule has 0 aliphatic heterocycles. The van der Waals surface area contributed by atoms with Gasteiger partial charge in [-0.05, 0) is 36.4 Å². The Labute approximate surface area is 102 Å². The smallest absolute Gasteiger partial charge is 0.153 e. The number of aromatic nitrogens is 1. The lowest BCUT2D eigenvalue weighted by Crippen LogP contribution is -1.79. The molecule has 0 bridgehead atoms. The minimum Gasteiger partial charge on any atom is -0.454 e. The maximum absolute atomic E-state index is 13.0. The molecule has 0 amide bonds. The van der Waals surface area contributed by atoms with E-state index in [9.17, 15) is 4.39 Å². The second-order valence-corrected chi connectivity index (χ2v) is 4.03. The van der Waals surface area contributed by atoms with Gasteiger partial charge < -0.3 is 4.42 Å². The van der Waals surface area contributed by atoms with E-state index in [2.05, 4.69) is 4.98 Å². The molecule has 0 saturated carbocycles. The van der Waals surface area contributed by atoms with Gasteiger partial charge in [-0.25, -0.2) is 9.37 Å². The highest BCUT2D eigenvalue weighted by molar-refractivity contribution is 6.29. The molecule has 0 spiro atoms. The van der Waals surface area contributed by atoms with Crippen molar-refractivity contribution in [1.29, 1.82) is 0 Å². The van der Waals surface area contributed by atoms with E-state index in [1.807, 2.05) is 0 Å². The SMILES string of the molecule is Fc1ccc2oc(-c3cccc(Cl)n3)cc2c1. The zero-order chi connectivity index (χ0) is 11.8. The molecule has 4 heteroatoms. The first-order valence-corrected chi connectivity index (χ1v) is 5.42. The highest BCUT2D eigenvalue weighted by Crippen LogP contribution is 2.27. The van der Waals surface area contributed by atoms with Crippen molar-refractivity contribution in [2.45, 2.75) is 0 Å². The normalized spacial score (nSPS) is 10.9. The molecule has 3 rings (SSSR count). The maximum atomic E-state index is 13.0. The second-order valence-electron chi connectivity index (χ2n) is 3.64. The third-order valence-electron chi connectivity index (χ3n) is 2.45. The van der Waals surface area contributed by atoms with Crippen LogP contribution in [0.2, 0.25) is 5.15 Å². The molecule has 0 saturated heterocycles. The van der Waals surface area contributed by atoms with Gasteiger partial charge in [-0.3, -0.25) is 0 Å². The summed E-state index contributed by atoms with van der Waals surface area (Å²) in [6.45, 7) is 0. The molecular weight excluding hydrogens is 241 g/mol. The van der Waals surface area contributed by atoms with Crippen LogP contribution in [0.15, 0.2) is 46.9 Å². The predicted molar refractivity (Wildman–Crippen MR) is 64.4 cm³/mol. The maximum Gasteiger partial charge on any atom is 0.153 e. The summed E-state index contributed by atoms with van der Waals surface area (Å²) in [6.07, 6.45) is 0. The van der Waals surface area contributed by atoms with Gasteiger partial charge in [-0.1, -0.05) is 17.7 Å². The summed E-state index contributed by atoms with van der Waals surface area (Å²) < 4.78 is 18.6. The van der Waals surface area contributed by atoms with Gasteiger partial charge in [-0.15, -0.1) is 0 Å². The van der Waals surface area contributed by atoms with E-state index in [1.165, 1.54) is 12.1 Å². The van der Waals surface area contributed by atoms with Gasteiger partial charge in [0.15, 0.2) is 5.76 Å². The molecule has 2 heterocycles. The van der Waals surface area contributed by atoms with E-state index in [1.54, 1.807) is 30.3 Å². The number of pyridine rings is 1. The van der Waals surface area contributed by atoms with Crippen LogP contribution in [0.5, 0.6) is 0 Å². The van der Waals surface area contributed by atoms with Crippen LogP contribution < -0.4 is 0 Å². The molecule has 2 aromatic heterocycles. The number of fused-ring (bicyclic) bond motifs is 1. The Kier molecular flexibility index (Phi) is 2.34. The summed E-state index contributed by atoms with van der Waals surface area (Å²) in [5, 5.41) is 1.11. The minimum atomic E-state index is -0.288. The number of rotatable bonds is 1. The molecule has 0 atom stereocenters. The number of hydrogen-bond acceptors (Lipinski definition) is 2. The van der Waals surface area contributed by atoms with Crippen molar-refractivity contribution in [1.82, 2.24) is 4.98 Å². The van der Waals surface area contributed by atoms with Gasteiger partial charge >= 0.3 is 0 Å². The Morgan fingerprint density at radius 2 is 2.00 bits per heavy atom. The van der Waals surface area contributed by atoms with E-state index in [0.29, 0.717) is 27.6 Å². The quantitative estimate of drug-likeness (QED) is 0.600. The van der Waals surface area contributed by atoms with Crippen molar-refractivity contribution >= 4 is 22.6 Å². The summed E-state index contributed by atoms with van der Waals surface area (Å²) in [7, 11) is 0. The Morgan fingerprint density at radius 3 is 2.82 bits per heavy atom. The highest BCUT2D eigenvalue weighted by Gasteiger charge is 2.08. The molecule has 0 fully saturated rings. The topological polar surface area (TPSA) is 26.0 Å². The summed E-state index contributed by atoms with van der Waals surface area (Å²) in [6, 6.07) is 11.4. The Balaban J connectivity index is 2.18. The van der Waals surface area contributed by atoms with E-state index >= 15 is 0 Å². The van der Waals surface area contributed by atoms with Crippen molar-refractivity contribution in [3.63, 3.8) is 0 Å². The summed E-state index contributed by atoms with van der Waals surface area (Å²) in [5.41, 5.74) is 1.26. The number of furan rings is 1. The molecule has 3 aromatic rings. The first kappa shape index (κ1) is 10.3. The van der Waals surface area contributed by atoms with Crippen molar-refractivity contribution in [2.24, 2.45) is 0 Å². The van der Waals surface area contributed by atoms with Crippen LogP contribution in [-0.4, -0.2) is 4.98 Å². The largest absolute Gasteiger partial charge is 0.454 e. The first-order chi connectivity index (χ1) is 8.22. The number of nitrogens with zero attached hydrogens (tertiary/aromatic N) is 1. The molecule has 0 N–H and O–H groups in total. The summed E-state index contributed by atoms with van der Waals surface area (Å²) in [4.78, 5) is 4.14. The van der Waals surface area contributed by atoms with Gasteiger partial charge in [0, 0.05) is 5.39 Å². The van der Waals surface area contributed by atoms with E-state index in [4.69, 9.17) is 16.0 Å². The molecule has 0 aliphatic rings. The highest BCUT2D eigenvalue weighted by atomic mass is 35.5. The molecule has 0 unspecified atom stereocenters. The van der Waals surface area contributed by atoms with Crippen LogP contribution in [0.4, 0.5) is 4.39 Å². The third-order valence-corrected chi connectivity index (χ3v) is 2.66. The molecule has 2 nitrogen and oxygen atoms in total. The second kappa shape index (κ2) is 3.86. The van der Waals surface area contributed by atoms with Crippen LogP contribution in [0, 0.1) is 5.82 Å². The Bertz CT molecular complexity index is 693. The fraction of sp³-hybridized carbons (Fsp3) is 0. The zero-order valence-corrected chi connectivity index (χ0v) is 9.41. The number of hydrogen-bond donors (Lipinski definition) is 0. The average Bonchev–Trinajstić information content (AvgIpc) is 2.72. The van der Waals surface area contributed by atoms with Gasteiger partial charge in [0.05, 0.1) is 0 Å². The lowest BCUT2D eigenvalue weighted by atomic mass is 10.2.